The second-order valence-electron chi connectivity index (χ2n) is 5.12. The van der Waals surface area contributed by atoms with Crippen molar-refractivity contribution in [1.29, 1.82) is 0 Å². The van der Waals surface area contributed by atoms with Crippen LogP contribution >= 0.6 is 15.9 Å². The number of benzene rings is 1. The highest BCUT2D eigenvalue weighted by molar-refractivity contribution is 9.10. The molecule has 0 amide bonds. The second-order valence-corrected chi connectivity index (χ2v) is 8.05. The smallest absolute Gasteiger partial charge is 0.244 e. The van der Waals surface area contributed by atoms with Crippen LogP contribution in [0.4, 0.5) is 5.69 Å². The van der Waals surface area contributed by atoms with E-state index in [0.29, 0.717) is 18.2 Å². The average Bonchev–Trinajstić information content (AvgIpc) is 2.85. The van der Waals surface area contributed by atoms with Crippen molar-refractivity contribution >= 4 is 31.6 Å². The Labute approximate surface area is 123 Å². The molecule has 0 unspecified atom stereocenters. The predicted molar refractivity (Wildman–Crippen MR) is 80.3 cm³/mol. The van der Waals surface area contributed by atoms with Crippen molar-refractivity contribution in [3.63, 3.8) is 0 Å². The largest absolute Gasteiger partial charge is 0.398 e. The first-order chi connectivity index (χ1) is 8.91. The first-order valence-electron chi connectivity index (χ1n) is 6.42. The van der Waals surface area contributed by atoms with Crippen molar-refractivity contribution in [2.45, 2.75) is 30.6 Å². The second kappa shape index (κ2) is 5.81. The van der Waals surface area contributed by atoms with Crippen LogP contribution in [0.2, 0.25) is 0 Å². The van der Waals surface area contributed by atoms with E-state index in [9.17, 15) is 8.42 Å². The molecule has 106 valence electrons. The fourth-order valence-corrected chi connectivity index (χ4v) is 4.45. The zero-order chi connectivity index (χ0) is 14.0. The molecule has 19 heavy (non-hydrogen) atoms. The topological polar surface area (TPSA) is 63.4 Å². The number of nitrogens with two attached hydrogens (primary N) is 1. The Bertz CT molecular complexity index is 554. The maximum Gasteiger partial charge on any atom is 0.244 e. The molecular weight excluding hydrogens is 328 g/mol. The van der Waals surface area contributed by atoms with Gasteiger partial charge in [-0.2, -0.15) is 0 Å². The molecule has 0 aliphatic heterocycles. The van der Waals surface area contributed by atoms with Crippen LogP contribution in [0.3, 0.4) is 0 Å². The first-order valence-corrected chi connectivity index (χ1v) is 8.66. The lowest BCUT2D eigenvalue weighted by molar-refractivity contribution is 0.387. The molecule has 1 saturated carbocycles. The molecule has 2 N–H and O–H groups in total. The molecule has 1 aromatic rings. The minimum Gasteiger partial charge on any atom is -0.398 e. The molecule has 0 radical (unpaired) electrons. The van der Waals surface area contributed by atoms with E-state index < -0.39 is 10.0 Å². The van der Waals surface area contributed by atoms with E-state index in [4.69, 9.17) is 5.73 Å². The third kappa shape index (κ3) is 3.30. The maximum atomic E-state index is 12.5. The van der Waals surface area contributed by atoms with Crippen LogP contribution in [0.5, 0.6) is 0 Å². The van der Waals surface area contributed by atoms with Gasteiger partial charge in [0, 0.05) is 18.1 Å². The SMILES string of the molecule is CN(CC1CCCC1)S(=O)(=O)c1cc(Br)ccc1N. The summed E-state index contributed by atoms with van der Waals surface area (Å²) in [7, 11) is -1.87. The number of sulfonamides is 1. The molecule has 1 fully saturated rings. The molecule has 2 rings (SSSR count). The Morgan fingerprint density at radius 1 is 1.37 bits per heavy atom. The number of rotatable bonds is 4. The molecule has 1 aromatic carbocycles. The molecule has 0 bridgehead atoms. The van der Waals surface area contributed by atoms with Crippen LogP contribution in [-0.2, 0) is 10.0 Å². The van der Waals surface area contributed by atoms with E-state index in [1.165, 1.54) is 17.1 Å². The number of nitrogen functional groups attached to an aromatic ring is 1. The number of halogens is 1. The summed E-state index contributed by atoms with van der Waals surface area (Å²) in [6.07, 6.45) is 4.65. The van der Waals surface area contributed by atoms with Crippen molar-refractivity contribution in [3.8, 4) is 0 Å². The lowest BCUT2D eigenvalue weighted by Crippen LogP contribution is -2.31. The maximum absolute atomic E-state index is 12.5. The van der Waals surface area contributed by atoms with E-state index in [1.807, 2.05) is 0 Å². The van der Waals surface area contributed by atoms with Crippen molar-refractivity contribution in [3.05, 3.63) is 22.7 Å². The van der Waals surface area contributed by atoms with Crippen LogP contribution < -0.4 is 5.73 Å². The quantitative estimate of drug-likeness (QED) is 0.852. The van der Waals surface area contributed by atoms with Crippen LogP contribution in [0, 0.1) is 5.92 Å². The van der Waals surface area contributed by atoms with Gasteiger partial charge in [-0.05, 0) is 37.0 Å². The summed E-state index contributed by atoms with van der Waals surface area (Å²) in [6, 6.07) is 4.92. The van der Waals surface area contributed by atoms with Crippen LogP contribution in [0.1, 0.15) is 25.7 Å². The summed E-state index contributed by atoms with van der Waals surface area (Å²) in [4.78, 5) is 0.183. The highest BCUT2D eigenvalue weighted by atomic mass is 79.9. The summed E-state index contributed by atoms with van der Waals surface area (Å²) < 4.78 is 27.2. The van der Waals surface area contributed by atoms with Gasteiger partial charge in [-0.15, -0.1) is 0 Å². The van der Waals surface area contributed by atoms with Crippen molar-refractivity contribution < 1.29 is 8.42 Å². The van der Waals surface area contributed by atoms with E-state index in [1.54, 1.807) is 25.2 Å². The van der Waals surface area contributed by atoms with Gasteiger partial charge < -0.3 is 5.73 Å². The highest BCUT2D eigenvalue weighted by Crippen LogP contribution is 2.29. The van der Waals surface area contributed by atoms with Crippen molar-refractivity contribution in [1.82, 2.24) is 4.31 Å². The molecule has 0 saturated heterocycles. The molecule has 1 aliphatic rings. The third-order valence-corrected chi connectivity index (χ3v) is 6.03. The van der Waals surface area contributed by atoms with E-state index >= 15 is 0 Å². The van der Waals surface area contributed by atoms with Gasteiger partial charge in [0.15, 0.2) is 0 Å². The minimum absolute atomic E-state index is 0.183. The first kappa shape index (κ1) is 14.8. The van der Waals surface area contributed by atoms with Crippen molar-refractivity contribution in [2.75, 3.05) is 19.3 Å². The van der Waals surface area contributed by atoms with E-state index in [-0.39, 0.29) is 4.90 Å². The van der Waals surface area contributed by atoms with Gasteiger partial charge in [0.05, 0.1) is 5.69 Å². The van der Waals surface area contributed by atoms with Gasteiger partial charge in [0.2, 0.25) is 10.0 Å². The number of hydrogen-bond acceptors (Lipinski definition) is 3. The Morgan fingerprint density at radius 3 is 2.63 bits per heavy atom. The van der Waals surface area contributed by atoms with Gasteiger partial charge in [-0.25, -0.2) is 12.7 Å². The Kier molecular flexibility index (Phi) is 4.53. The Morgan fingerprint density at radius 2 is 2.00 bits per heavy atom. The molecule has 0 aromatic heterocycles. The molecule has 0 spiro atoms. The number of anilines is 1. The minimum atomic E-state index is -3.50. The summed E-state index contributed by atoms with van der Waals surface area (Å²) in [5.41, 5.74) is 6.09. The van der Waals surface area contributed by atoms with E-state index in [0.717, 1.165) is 17.3 Å². The molecular formula is C13H19BrN2O2S. The lowest BCUT2D eigenvalue weighted by atomic mass is 10.1. The summed E-state index contributed by atoms with van der Waals surface area (Å²) in [5, 5.41) is 0. The van der Waals surface area contributed by atoms with Gasteiger partial charge in [0.25, 0.3) is 0 Å². The predicted octanol–water partition coefficient (Wildman–Crippen LogP) is 2.84. The molecule has 6 heteroatoms. The van der Waals surface area contributed by atoms with Crippen LogP contribution in [0.25, 0.3) is 0 Å². The molecule has 4 nitrogen and oxygen atoms in total. The Balaban J connectivity index is 2.22. The van der Waals surface area contributed by atoms with Crippen LogP contribution in [-0.4, -0.2) is 26.3 Å². The zero-order valence-electron chi connectivity index (χ0n) is 11.0. The van der Waals surface area contributed by atoms with Crippen molar-refractivity contribution in [2.24, 2.45) is 5.92 Å². The van der Waals surface area contributed by atoms with E-state index in [2.05, 4.69) is 15.9 Å². The van der Waals surface area contributed by atoms with Crippen LogP contribution in [0.15, 0.2) is 27.6 Å². The van der Waals surface area contributed by atoms with Gasteiger partial charge >= 0.3 is 0 Å². The molecule has 0 atom stereocenters. The summed E-state index contributed by atoms with van der Waals surface area (Å²) in [5.74, 6) is 0.480. The van der Waals surface area contributed by atoms with Gasteiger partial charge in [0.1, 0.15) is 4.90 Å². The third-order valence-electron chi connectivity index (χ3n) is 3.65. The standard InChI is InChI=1S/C13H19BrN2O2S/c1-16(9-10-4-2-3-5-10)19(17,18)13-8-11(14)6-7-12(13)15/h6-8,10H,2-5,9,15H2,1H3. The molecule has 1 aliphatic carbocycles. The molecule has 0 heterocycles. The number of hydrogen-bond donors (Lipinski definition) is 1. The fourth-order valence-electron chi connectivity index (χ4n) is 2.55. The van der Waals surface area contributed by atoms with Gasteiger partial charge in [-0.1, -0.05) is 28.8 Å². The Hall–Kier alpha value is -0.590. The van der Waals surface area contributed by atoms with Gasteiger partial charge in [-0.3, -0.25) is 0 Å². The summed E-state index contributed by atoms with van der Waals surface area (Å²) >= 11 is 3.29. The monoisotopic (exact) mass is 346 g/mol. The summed E-state index contributed by atoms with van der Waals surface area (Å²) in [6.45, 7) is 0.578. The zero-order valence-corrected chi connectivity index (χ0v) is 13.4. The highest BCUT2D eigenvalue weighted by Gasteiger charge is 2.27. The normalized spacial score (nSPS) is 17.2. The fraction of sp³-hybridized carbons (Fsp3) is 0.538. The average molecular weight is 347 g/mol. The number of nitrogens with zero attached hydrogens (tertiary/aromatic N) is 1. The lowest BCUT2D eigenvalue weighted by Gasteiger charge is -2.21.